The van der Waals surface area contributed by atoms with Crippen LogP contribution >= 0.6 is 23.4 Å². The van der Waals surface area contributed by atoms with Crippen LogP contribution in [0.1, 0.15) is 86.1 Å². The lowest BCUT2D eigenvalue weighted by molar-refractivity contribution is -0.164. The molecule has 0 saturated carbocycles. The van der Waals surface area contributed by atoms with Crippen LogP contribution in [0.15, 0.2) is 64.2 Å². The highest BCUT2D eigenvalue weighted by Crippen LogP contribution is 2.37. The Labute approximate surface area is 387 Å². The fraction of sp³-hybridized carbons (Fsp3) is 0.435. The Morgan fingerprint density at radius 1 is 0.785 bits per heavy atom. The molecule has 2 aromatic heterocycles. The summed E-state index contributed by atoms with van der Waals surface area (Å²) in [5.41, 5.74) is 6.75. The number of carbonyl (C=O) groups is 4. The average molecular weight is 932 g/mol. The molecule has 4 aromatic rings. The van der Waals surface area contributed by atoms with Gasteiger partial charge in [0.05, 0.1) is 11.3 Å². The van der Waals surface area contributed by atoms with E-state index in [2.05, 4.69) is 32.7 Å². The molecule has 19 heteroatoms. The third-order valence-corrected chi connectivity index (χ3v) is 10.1. The molecule has 65 heavy (non-hydrogen) atoms. The molecule has 0 spiro atoms. The molecule has 346 valence electrons. The molecule has 0 bridgehead atoms. The standard InChI is InChI=1S/C46H54ClN7O10S/c1-25(2)36(52-43(57)63-45(5,6)7)41(55)61-23-32(62-42(56)37(26(3)4)53-44(58)64-46(8,9)10)22-59-31-17-13-27(14-18-31)35-33(19-48)38(50)54-40(34(35)20-49)65-24-30-21-60-39(51-30)28-11-15-29(47)16-12-28/h11-18,21,25-26,32,36-37H,22-24H2,1-10H3,(H2,50,54)(H,52,57)(H,53,58)/t32-,36+,37+/m1/s1. The molecule has 0 aliphatic carbocycles. The lowest BCUT2D eigenvalue weighted by atomic mass is 9.97. The molecule has 0 aliphatic heterocycles. The van der Waals surface area contributed by atoms with Crippen molar-refractivity contribution in [3.63, 3.8) is 0 Å². The Hall–Kier alpha value is -6.50. The van der Waals surface area contributed by atoms with Gasteiger partial charge in [0.1, 0.15) is 77.1 Å². The van der Waals surface area contributed by atoms with Crippen LogP contribution in [0.25, 0.3) is 22.6 Å². The molecule has 0 aliphatic rings. The second-order valence-electron chi connectivity index (χ2n) is 17.4. The number of nitrogen functional groups attached to an aromatic ring is 1. The van der Waals surface area contributed by atoms with Crippen LogP contribution in [-0.2, 0) is 34.3 Å². The molecule has 2 heterocycles. The first-order valence-electron chi connectivity index (χ1n) is 20.5. The highest BCUT2D eigenvalue weighted by atomic mass is 35.5. The third kappa shape index (κ3) is 15.3. The van der Waals surface area contributed by atoms with Gasteiger partial charge >= 0.3 is 24.1 Å². The highest BCUT2D eigenvalue weighted by molar-refractivity contribution is 7.98. The smallest absolute Gasteiger partial charge is 0.408 e. The van der Waals surface area contributed by atoms with Crippen molar-refractivity contribution < 1.29 is 47.3 Å². The van der Waals surface area contributed by atoms with Gasteiger partial charge in [0.15, 0.2) is 6.10 Å². The summed E-state index contributed by atoms with van der Waals surface area (Å²) in [6, 6.07) is 15.4. The zero-order valence-corrected chi connectivity index (χ0v) is 39.5. The van der Waals surface area contributed by atoms with E-state index in [4.69, 9.17) is 45.4 Å². The number of nitrogens with one attached hydrogen (secondary N) is 2. The Balaban J connectivity index is 1.56. The number of benzene rings is 2. The van der Waals surface area contributed by atoms with Gasteiger partial charge in [-0.15, -0.1) is 0 Å². The normalized spacial score (nSPS) is 12.8. The summed E-state index contributed by atoms with van der Waals surface area (Å²) in [7, 11) is 0. The molecule has 0 fully saturated rings. The Bertz CT molecular complexity index is 2400. The molecule has 2 aromatic carbocycles. The predicted octanol–water partition coefficient (Wildman–Crippen LogP) is 8.61. The van der Waals surface area contributed by atoms with E-state index in [1.54, 1.807) is 118 Å². The summed E-state index contributed by atoms with van der Waals surface area (Å²) >= 11 is 7.21. The van der Waals surface area contributed by atoms with Gasteiger partial charge in [-0.25, -0.2) is 29.1 Å². The molecule has 0 radical (unpaired) electrons. The zero-order chi connectivity index (χ0) is 48.2. The average Bonchev–Trinajstić information content (AvgIpc) is 3.69. The van der Waals surface area contributed by atoms with Gasteiger partial charge in [0.25, 0.3) is 0 Å². The fourth-order valence-electron chi connectivity index (χ4n) is 5.82. The van der Waals surface area contributed by atoms with Crippen molar-refractivity contribution in [3.05, 3.63) is 76.6 Å². The quantitative estimate of drug-likeness (QED) is 0.0509. The van der Waals surface area contributed by atoms with Crippen LogP contribution in [0.3, 0.4) is 0 Å². The molecule has 3 atom stereocenters. The van der Waals surface area contributed by atoms with Crippen molar-refractivity contribution in [3.8, 4) is 40.5 Å². The fourth-order valence-corrected chi connectivity index (χ4v) is 6.82. The minimum Gasteiger partial charge on any atom is -0.490 e. The van der Waals surface area contributed by atoms with Gasteiger partial charge in [-0.05, 0) is 95.3 Å². The maximum absolute atomic E-state index is 13.6. The zero-order valence-electron chi connectivity index (χ0n) is 37.9. The second-order valence-corrected chi connectivity index (χ2v) is 18.8. The van der Waals surface area contributed by atoms with Crippen LogP contribution in [0.4, 0.5) is 15.4 Å². The number of alkyl carbamates (subject to hydrolysis) is 2. The number of carbonyl (C=O) groups excluding carboxylic acids is 4. The number of nitrogens with zero attached hydrogens (tertiary/aromatic N) is 4. The number of ether oxygens (including phenoxy) is 5. The van der Waals surface area contributed by atoms with E-state index in [1.165, 1.54) is 18.0 Å². The van der Waals surface area contributed by atoms with Crippen molar-refractivity contribution in [1.82, 2.24) is 20.6 Å². The summed E-state index contributed by atoms with van der Waals surface area (Å²) in [5.74, 6) is -1.66. The number of rotatable bonds is 17. The summed E-state index contributed by atoms with van der Waals surface area (Å²) in [5, 5.41) is 26.4. The van der Waals surface area contributed by atoms with Gasteiger partial charge in [0, 0.05) is 21.9 Å². The minimum absolute atomic E-state index is 0.000351. The molecule has 17 nitrogen and oxygen atoms in total. The highest BCUT2D eigenvalue weighted by Gasteiger charge is 2.33. The number of amides is 2. The molecular weight excluding hydrogens is 878 g/mol. The minimum atomic E-state index is -1.22. The monoisotopic (exact) mass is 931 g/mol. The topological polar surface area (TPSA) is 251 Å². The summed E-state index contributed by atoms with van der Waals surface area (Å²) in [4.78, 5) is 61.1. The van der Waals surface area contributed by atoms with Crippen LogP contribution in [0.2, 0.25) is 5.02 Å². The van der Waals surface area contributed by atoms with E-state index in [0.29, 0.717) is 22.2 Å². The number of oxazole rings is 1. The second kappa shape index (κ2) is 22.4. The van der Waals surface area contributed by atoms with Crippen molar-refractivity contribution >= 4 is 53.3 Å². The summed E-state index contributed by atoms with van der Waals surface area (Å²) in [6.45, 7) is 16.1. The number of aromatic nitrogens is 2. The maximum atomic E-state index is 13.6. The van der Waals surface area contributed by atoms with Gasteiger partial charge in [-0.2, -0.15) is 10.5 Å². The first-order chi connectivity index (χ1) is 30.5. The van der Waals surface area contributed by atoms with Gasteiger partial charge in [-0.1, -0.05) is 63.2 Å². The number of nitriles is 2. The van der Waals surface area contributed by atoms with E-state index in [9.17, 15) is 29.7 Å². The summed E-state index contributed by atoms with van der Waals surface area (Å²) < 4.78 is 33.7. The van der Waals surface area contributed by atoms with Crippen LogP contribution in [0, 0.1) is 34.5 Å². The van der Waals surface area contributed by atoms with Gasteiger partial charge < -0.3 is 44.5 Å². The largest absolute Gasteiger partial charge is 0.490 e. The van der Waals surface area contributed by atoms with Crippen LogP contribution in [-0.4, -0.2) is 76.7 Å². The van der Waals surface area contributed by atoms with Crippen LogP contribution < -0.4 is 21.1 Å². The van der Waals surface area contributed by atoms with Crippen molar-refractivity contribution in [2.75, 3.05) is 18.9 Å². The summed E-state index contributed by atoms with van der Waals surface area (Å²) in [6.07, 6.45) is -1.37. The van der Waals surface area contributed by atoms with Crippen molar-refractivity contribution in [2.45, 2.75) is 109 Å². The number of nitrogens with two attached hydrogens (primary N) is 1. The van der Waals surface area contributed by atoms with Gasteiger partial charge in [0.2, 0.25) is 5.89 Å². The molecule has 4 rings (SSSR count). The van der Waals surface area contributed by atoms with E-state index in [0.717, 1.165) is 5.56 Å². The molecule has 2 amide bonds. The predicted molar refractivity (Wildman–Crippen MR) is 242 cm³/mol. The van der Waals surface area contributed by atoms with E-state index >= 15 is 0 Å². The molecular formula is C46H54ClN7O10S. The lowest BCUT2D eigenvalue weighted by Crippen LogP contribution is -2.49. The Morgan fingerprint density at radius 2 is 1.32 bits per heavy atom. The number of anilines is 1. The first-order valence-corrected chi connectivity index (χ1v) is 21.9. The third-order valence-electron chi connectivity index (χ3n) is 8.87. The number of esters is 2. The van der Waals surface area contributed by atoms with Crippen molar-refractivity contribution in [1.29, 1.82) is 10.5 Å². The first kappa shape index (κ1) is 51.1. The number of hydrogen-bond acceptors (Lipinski definition) is 16. The Kier molecular flexibility index (Phi) is 17.6. The van der Waals surface area contributed by atoms with E-state index in [-0.39, 0.29) is 45.6 Å². The van der Waals surface area contributed by atoms with Gasteiger partial charge in [-0.3, -0.25) is 0 Å². The molecule has 0 saturated heterocycles. The Morgan fingerprint density at radius 3 is 1.85 bits per heavy atom. The van der Waals surface area contributed by atoms with E-state index in [1.807, 2.05) is 0 Å². The number of hydrogen-bond donors (Lipinski definition) is 3. The number of thioether (sulfide) groups is 1. The van der Waals surface area contributed by atoms with E-state index < -0.39 is 72.0 Å². The number of pyridine rings is 1. The SMILES string of the molecule is CC(C)[C@H](NC(=O)OC(C)(C)C)C(=O)OC[C@@H](COc1ccc(-c2c(C#N)c(N)nc(SCc3coc(-c4ccc(Cl)cc4)n3)c2C#N)cc1)OC(=O)[C@@H](NC(=O)OC(C)(C)C)C(C)C. The van der Waals surface area contributed by atoms with Crippen molar-refractivity contribution in [2.24, 2.45) is 11.8 Å². The maximum Gasteiger partial charge on any atom is 0.408 e. The molecule has 4 N–H and O–H groups in total. The number of halogens is 1. The van der Waals surface area contributed by atoms with Crippen LogP contribution in [0.5, 0.6) is 5.75 Å². The lowest BCUT2D eigenvalue weighted by Gasteiger charge is -2.27. The molecule has 0 unspecified atom stereocenters.